The minimum absolute atomic E-state index is 0.000462. The third-order valence-corrected chi connectivity index (χ3v) is 6.45. The molecule has 1 unspecified atom stereocenters. The van der Waals surface area contributed by atoms with E-state index in [2.05, 4.69) is 40.8 Å². The van der Waals surface area contributed by atoms with E-state index in [1.165, 1.54) is 25.8 Å². The number of nitrogens with zero attached hydrogens (tertiary/aromatic N) is 3. The Bertz CT molecular complexity index is 827. The fourth-order valence-electron chi connectivity index (χ4n) is 4.76. The van der Waals surface area contributed by atoms with Gasteiger partial charge in [-0.3, -0.25) is 4.79 Å². The van der Waals surface area contributed by atoms with Crippen LogP contribution in [0.2, 0.25) is 0 Å². The lowest BCUT2D eigenvalue weighted by Crippen LogP contribution is -2.43. The number of piperidine rings is 1. The van der Waals surface area contributed by atoms with Gasteiger partial charge in [-0.05, 0) is 58.4 Å². The Kier molecular flexibility index (Phi) is 6.34. The number of likely N-dealkylation sites (tertiary alicyclic amines) is 1. The zero-order valence-corrected chi connectivity index (χ0v) is 17.9. The summed E-state index contributed by atoms with van der Waals surface area (Å²) in [5.74, 6) is 1.47. The second kappa shape index (κ2) is 9.12. The molecule has 1 aromatic carbocycles. The average Bonchev–Trinajstić information content (AvgIpc) is 2.94. The number of carbonyl (C=O) groups is 1. The molecule has 29 heavy (non-hydrogen) atoms. The number of amides is 1. The van der Waals surface area contributed by atoms with Crippen LogP contribution in [-0.4, -0.2) is 46.0 Å². The van der Waals surface area contributed by atoms with E-state index in [1.807, 2.05) is 18.2 Å². The van der Waals surface area contributed by atoms with Crippen molar-refractivity contribution in [3.8, 4) is 11.4 Å². The van der Waals surface area contributed by atoms with Crippen LogP contribution in [-0.2, 0) is 13.0 Å². The monoisotopic (exact) mass is 394 g/mol. The smallest absolute Gasteiger partial charge is 0.271 e. The second-order valence-corrected chi connectivity index (χ2v) is 8.87. The van der Waals surface area contributed by atoms with Gasteiger partial charge in [0.1, 0.15) is 11.5 Å². The lowest BCUT2D eigenvalue weighted by atomic mass is 9.97. The number of hydrogen-bond acceptors (Lipinski definition) is 3. The van der Waals surface area contributed by atoms with Crippen molar-refractivity contribution in [2.45, 2.75) is 65.0 Å². The van der Waals surface area contributed by atoms with E-state index in [9.17, 15) is 4.79 Å². The Hall–Kier alpha value is -2.14. The maximum Gasteiger partial charge on any atom is 0.271 e. The topological polar surface area (TPSA) is 50.2 Å². The maximum absolute atomic E-state index is 13.1. The molecule has 156 valence electrons. The number of rotatable bonds is 5. The molecule has 1 atom stereocenters. The van der Waals surface area contributed by atoms with Crippen LogP contribution in [0.1, 0.15) is 62.1 Å². The van der Waals surface area contributed by atoms with Crippen molar-refractivity contribution in [1.29, 1.82) is 0 Å². The molecule has 0 saturated carbocycles. The summed E-state index contributed by atoms with van der Waals surface area (Å²) in [6.45, 7) is 8.46. The first kappa shape index (κ1) is 20.1. The number of fused-ring (bicyclic) bond motifs is 1. The molecule has 2 aliphatic heterocycles. The lowest BCUT2D eigenvalue weighted by Gasteiger charge is -2.35. The minimum Gasteiger partial charge on any atom is -0.350 e. The fourth-order valence-corrected chi connectivity index (χ4v) is 4.76. The van der Waals surface area contributed by atoms with E-state index < -0.39 is 0 Å². The summed E-state index contributed by atoms with van der Waals surface area (Å²) in [4.78, 5) is 20.5. The third kappa shape index (κ3) is 4.55. The molecular formula is C24H34N4O. The predicted molar refractivity (Wildman–Crippen MR) is 117 cm³/mol. The SMILES string of the molecule is CC(C)N1CCCC(CNC(=O)c2nc(-c3ccccc3)n3c2CCCCC3)C1. The molecule has 0 aliphatic carbocycles. The number of nitrogens with one attached hydrogen (secondary N) is 1. The first-order valence-electron chi connectivity index (χ1n) is 11.3. The van der Waals surface area contributed by atoms with Gasteiger partial charge in [-0.15, -0.1) is 0 Å². The van der Waals surface area contributed by atoms with Crippen molar-refractivity contribution in [1.82, 2.24) is 19.8 Å². The van der Waals surface area contributed by atoms with Gasteiger partial charge in [0.25, 0.3) is 5.91 Å². The van der Waals surface area contributed by atoms with Crippen LogP contribution in [0.4, 0.5) is 0 Å². The highest BCUT2D eigenvalue weighted by Crippen LogP contribution is 2.27. The van der Waals surface area contributed by atoms with E-state index in [-0.39, 0.29) is 5.91 Å². The zero-order chi connectivity index (χ0) is 20.2. The molecule has 0 bridgehead atoms. The van der Waals surface area contributed by atoms with Gasteiger partial charge in [0, 0.05) is 31.2 Å². The summed E-state index contributed by atoms with van der Waals surface area (Å²) < 4.78 is 2.29. The van der Waals surface area contributed by atoms with E-state index in [0.717, 1.165) is 56.0 Å². The quantitative estimate of drug-likeness (QED) is 0.830. The van der Waals surface area contributed by atoms with Gasteiger partial charge in [-0.2, -0.15) is 0 Å². The molecule has 1 aromatic heterocycles. The molecule has 1 N–H and O–H groups in total. The van der Waals surface area contributed by atoms with Crippen LogP contribution < -0.4 is 5.32 Å². The molecule has 1 amide bonds. The standard InChI is InChI=1S/C24H34N4O/c1-18(2)27-14-9-10-19(17-27)16-25-24(29)22-21-13-7-4-8-15-28(21)23(26-22)20-11-5-3-6-12-20/h3,5-6,11-12,18-19H,4,7-10,13-17H2,1-2H3,(H,25,29). The lowest BCUT2D eigenvalue weighted by molar-refractivity contribution is 0.0917. The summed E-state index contributed by atoms with van der Waals surface area (Å²) in [5.41, 5.74) is 2.85. The first-order valence-corrected chi connectivity index (χ1v) is 11.3. The number of benzene rings is 1. The Morgan fingerprint density at radius 1 is 1.14 bits per heavy atom. The molecule has 5 nitrogen and oxygen atoms in total. The minimum atomic E-state index is -0.000462. The van der Waals surface area contributed by atoms with Crippen molar-refractivity contribution >= 4 is 5.91 Å². The van der Waals surface area contributed by atoms with Crippen LogP contribution in [0.3, 0.4) is 0 Å². The molecule has 5 heteroatoms. The predicted octanol–water partition coefficient (Wildman–Crippen LogP) is 4.13. The highest BCUT2D eigenvalue weighted by atomic mass is 16.1. The number of aromatic nitrogens is 2. The molecule has 0 radical (unpaired) electrons. The summed E-state index contributed by atoms with van der Waals surface area (Å²) in [6, 6.07) is 10.9. The van der Waals surface area contributed by atoms with Gasteiger partial charge in [0.2, 0.25) is 0 Å². The van der Waals surface area contributed by atoms with Gasteiger partial charge < -0.3 is 14.8 Å². The van der Waals surface area contributed by atoms with E-state index in [1.54, 1.807) is 0 Å². The summed E-state index contributed by atoms with van der Waals surface area (Å²) in [5, 5.41) is 3.22. The van der Waals surface area contributed by atoms with Gasteiger partial charge in [-0.1, -0.05) is 36.8 Å². The van der Waals surface area contributed by atoms with Crippen LogP contribution in [0.5, 0.6) is 0 Å². The highest BCUT2D eigenvalue weighted by molar-refractivity contribution is 5.94. The molecule has 3 heterocycles. The van der Waals surface area contributed by atoms with Crippen LogP contribution in [0.15, 0.2) is 30.3 Å². The number of carbonyl (C=O) groups excluding carboxylic acids is 1. The molecule has 0 spiro atoms. The van der Waals surface area contributed by atoms with Crippen molar-refractivity contribution in [2.75, 3.05) is 19.6 Å². The number of imidazole rings is 1. The van der Waals surface area contributed by atoms with Crippen molar-refractivity contribution in [2.24, 2.45) is 5.92 Å². The first-order chi connectivity index (χ1) is 14.1. The zero-order valence-electron chi connectivity index (χ0n) is 17.9. The number of hydrogen-bond donors (Lipinski definition) is 1. The Morgan fingerprint density at radius 3 is 2.76 bits per heavy atom. The summed E-state index contributed by atoms with van der Waals surface area (Å²) in [7, 11) is 0. The van der Waals surface area contributed by atoms with Crippen molar-refractivity contribution in [3.05, 3.63) is 41.7 Å². The fraction of sp³-hybridized carbons (Fsp3) is 0.583. The van der Waals surface area contributed by atoms with E-state index in [0.29, 0.717) is 17.7 Å². The molecule has 2 aliphatic rings. The Labute approximate surface area is 174 Å². The Balaban J connectivity index is 1.52. The summed E-state index contributed by atoms with van der Waals surface area (Å²) >= 11 is 0. The van der Waals surface area contributed by atoms with Gasteiger partial charge in [0.05, 0.1) is 5.69 Å². The molecule has 1 saturated heterocycles. The molecule has 2 aromatic rings. The normalized spacial score (nSPS) is 20.3. The maximum atomic E-state index is 13.1. The summed E-state index contributed by atoms with van der Waals surface area (Å²) in [6.07, 6.45) is 6.84. The van der Waals surface area contributed by atoms with Crippen LogP contribution >= 0.6 is 0 Å². The molecular weight excluding hydrogens is 360 g/mol. The molecule has 1 fully saturated rings. The average molecular weight is 395 g/mol. The van der Waals surface area contributed by atoms with Gasteiger partial charge >= 0.3 is 0 Å². The van der Waals surface area contributed by atoms with E-state index >= 15 is 0 Å². The third-order valence-electron chi connectivity index (χ3n) is 6.45. The molecule has 4 rings (SSSR count). The second-order valence-electron chi connectivity index (χ2n) is 8.87. The van der Waals surface area contributed by atoms with Crippen molar-refractivity contribution < 1.29 is 4.79 Å². The van der Waals surface area contributed by atoms with Crippen LogP contribution in [0, 0.1) is 5.92 Å². The van der Waals surface area contributed by atoms with Crippen molar-refractivity contribution in [3.63, 3.8) is 0 Å². The Morgan fingerprint density at radius 2 is 1.97 bits per heavy atom. The van der Waals surface area contributed by atoms with Gasteiger partial charge in [0.15, 0.2) is 0 Å². The largest absolute Gasteiger partial charge is 0.350 e. The highest BCUT2D eigenvalue weighted by Gasteiger charge is 2.26. The van der Waals surface area contributed by atoms with Gasteiger partial charge in [-0.25, -0.2) is 4.98 Å². The van der Waals surface area contributed by atoms with Crippen LogP contribution in [0.25, 0.3) is 11.4 Å². The van der Waals surface area contributed by atoms with E-state index in [4.69, 9.17) is 4.98 Å².